The van der Waals surface area contributed by atoms with Gasteiger partial charge in [-0.05, 0) is 136 Å². The van der Waals surface area contributed by atoms with Crippen molar-refractivity contribution >= 4 is 72.7 Å². The second-order valence-corrected chi connectivity index (χ2v) is 16.4. The van der Waals surface area contributed by atoms with Crippen molar-refractivity contribution in [1.82, 2.24) is 13.7 Å². The van der Waals surface area contributed by atoms with Gasteiger partial charge in [-0.25, -0.2) is 0 Å². The molecule has 3 nitrogen and oxygen atoms in total. The van der Waals surface area contributed by atoms with Crippen LogP contribution in [0.5, 0.6) is 0 Å². The number of nitrogens with zero attached hydrogens (tertiary/aromatic N) is 3. The minimum Gasteiger partial charge on any atom is -0.340 e. The van der Waals surface area contributed by atoms with E-state index in [1.165, 1.54) is 119 Å². The fourth-order valence-corrected chi connectivity index (χ4v) is 9.26. The lowest BCUT2D eigenvalue weighted by atomic mass is 9.99. The number of aromatic nitrogens is 3. The van der Waals surface area contributed by atoms with Gasteiger partial charge in [0.2, 0.25) is 0 Å². The van der Waals surface area contributed by atoms with Crippen molar-refractivity contribution in [3.63, 3.8) is 0 Å². The number of benzene rings is 6. The normalized spacial score (nSPS) is 12.7. The zero-order valence-corrected chi connectivity index (χ0v) is 34.4. The SMILES string of the molecule is C=Cc1c(/C=C/c2ccc3c(c2)c2cc(C)ccc2n3-c2ccc(-n3c4ccc(C)cc4c4cc(C)ccc43)cc2)n(CC(CC)CCCC)c2cc(C)ccc12. The predicted octanol–water partition coefficient (Wildman–Crippen LogP) is 15.1. The Labute approximate surface area is 337 Å². The maximum absolute atomic E-state index is 4.30. The second-order valence-electron chi connectivity index (χ2n) is 16.4. The summed E-state index contributed by atoms with van der Waals surface area (Å²) in [4.78, 5) is 0. The monoisotopic (exact) mass is 743 g/mol. The summed E-state index contributed by atoms with van der Waals surface area (Å²) >= 11 is 0. The topological polar surface area (TPSA) is 14.8 Å². The first-order valence-corrected chi connectivity index (χ1v) is 20.9. The van der Waals surface area contributed by atoms with E-state index in [9.17, 15) is 0 Å². The van der Waals surface area contributed by atoms with E-state index in [4.69, 9.17) is 0 Å². The molecule has 1 unspecified atom stereocenters. The van der Waals surface area contributed by atoms with E-state index in [0.29, 0.717) is 5.92 Å². The molecule has 0 aliphatic heterocycles. The van der Waals surface area contributed by atoms with Gasteiger partial charge in [0, 0.05) is 61.6 Å². The number of rotatable bonds is 11. The Bertz CT molecular complexity index is 2950. The van der Waals surface area contributed by atoms with E-state index in [1.54, 1.807) is 0 Å². The summed E-state index contributed by atoms with van der Waals surface area (Å²) in [6, 6.07) is 43.4. The molecule has 284 valence electrons. The van der Waals surface area contributed by atoms with Crippen LogP contribution in [0, 0.1) is 33.6 Å². The van der Waals surface area contributed by atoms with E-state index in [0.717, 1.165) is 17.9 Å². The summed E-state index contributed by atoms with van der Waals surface area (Å²) < 4.78 is 7.41. The highest BCUT2D eigenvalue weighted by Crippen LogP contribution is 2.37. The molecule has 0 radical (unpaired) electrons. The minimum atomic E-state index is 0.640. The molecule has 6 aromatic carbocycles. The lowest BCUT2D eigenvalue weighted by molar-refractivity contribution is 0.395. The van der Waals surface area contributed by atoms with Crippen LogP contribution in [-0.4, -0.2) is 13.7 Å². The van der Waals surface area contributed by atoms with E-state index < -0.39 is 0 Å². The highest BCUT2D eigenvalue weighted by Gasteiger charge is 2.19. The van der Waals surface area contributed by atoms with Crippen LogP contribution in [-0.2, 0) is 6.54 Å². The molecule has 0 N–H and O–H groups in total. The molecule has 0 spiro atoms. The van der Waals surface area contributed by atoms with Crippen molar-refractivity contribution in [2.24, 2.45) is 5.92 Å². The third-order valence-electron chi connectivity index (χ3n) is 12.3. The smallest absolute Gasteiger partial charge is 0.0541 e. The van der Waals surface area contributed by atoms with Gasteiger partial charge in [-0.2, -0.15) is 0 Å². The van der Waals surface area contributed by atoms with Gasteiger partial charge >= 0.3 is 0 Å². The summed E-state index contributed by atoms with van der Waals surface area (Å²) in [7, 11) is 0. The van der Waals surface area contributed by atoms with Crippen LogP contribution < -0.4 is 0 Å². The van der Waals surface area contributed by atoms with Crippen LogP contribution in [0.25, 0.3) is 84.1 Å². The van der Waals surface area contributed by atoms with Gasteiger partial charge in [-0.15, -0.1) is 0 Å². The Morgan fingerprint density at radius 3 is 1.53 bits per heavy atom. The lowest BCUT2D eigenvalue weighted by Gasteiger charge is -2.18. The Kier molecular flexibility index (Phi) is 9.49. The van der Waals surface area contributed by atoms with Crippen LogP contribution in [0.1, 0.15) is 78.6 Å². The molecule has 0 amide bonds. The summed E-state index contributed by atoms with van der Waals surface area (Å²) in [5.74, 6) is 0.640. The van der Waals surface area contributed by atoms with Gasteiger partial charge in [-0.1, -0.05) is 105 Å². The number of hydrogen-bond donors (Lipinski definition) is 0. The highest BCUT2D eigenvalue weighted by molar-refractivity contribution is 6.11. The van der Waals surface area contributed by atoms with Crippen LogP contribution in [0.2, 0.25) is 0 Å². The Balaban J connectivity index is 1.14. The quantitative estimate of drug-likeness (QED) is 0.125. The molecule has 0 aliphatic carbocycles. The molecule has 0 fully saturated rings. The number of unbranched alkanes of at least 4 members (excludes halogenated alkanes) is 1. The average molecular weight is 744 g/mol. The molecule has 9 rings (SSSR count). The van der Waals surface area contributed by atoms with Gasteiger partial charge in [0.05, 0.1) is 22.1 Å². The molecular weight excluding hydrogens is 691 g/mol. The van der Waals surface area contributed by atoms with Crippen molar-refractivity contribution in [2.45, 2.75) is 73.8 Å². The molecule has 3 aromatic heterocycles. The van der Waals surface area contributed by atoms with E-state index in [1.807, 2.05) is 0 Å². The van der Waals surface area contributed by atoms with Gasteiger partial charge in [0.1, 0.15) is 0 Å². The summed E-state index contributed by atoms with van der Waals surface area (Å²) in [6.45, 7) is 18.7. The standard InChI is InChI=1S/C54H53N3/c1-8-11-12-39(9-2)34-55-49(43(10-3)44-23-13-38(7)32-54(44)55)27-17-40-18-28-53-48(33-40)47-31-37(6)16-26-52(47)57(53)42-21-19-41(20-22-42)56-50-24-14-35(4)29-45(50)46-30-36(5)15-25-51(46)56/h10,13-33,39H,3,8-9,11-12,34H2,1-2,4-7H3/b27-17+. The molecule has 0 saturated heterocycles. The molecule has 0 bridgehead atoms. The summed E-state index contributed by atoms with van der Waals surface area (Å²) in [6.07, 6.45) is 11.6. The Morgan fingerprint density at radius 1 is 0.526 bits per heavy atom. The van der Waals surface area contributed by atoms with E-state index in [-0.39, 0.29) is 0 Å². The van der Waals surface area contributed by atoms with E-state index >= 15 is 0 Å². The third kappa shape index (κ3) is 6.40. The van der Waals surface area contributed by atoms with E-state index in [2.05, 4.69) is 195 Å². The van der Waals surface area contributed by atoms with Crippen LogP contribution >= 0.6 is 0 Å². The number of fused-ring (bicyclic) bond motifs is 7. The molecule has 1 atom stereocenters. The average Bonchev–Trinajstić information content (AvgIpc) is 3.82. The molecule has 3 heterocycles. The zero-order chi connectivity index (χ0) is 39.4. The fraction of sp³-hybridized carbons (Fsp3) is 0.222. The molecule has 0 saturated carbocycles. The Hall–Kier alpha value is -6.06. The summed E-state index contributed by atoms with van der Waals surface area (Å²) in [5.41, 5.74) is 17.3. The van der Waals surface area contributed by atoms with Gasteiger partial charge in [0.15, 0.2) is 0 Å². The maximum atomic E-state index is 4.30. The number of hydrogen-bond acceptors (Lipinski definition) is 0. The van der Waals surface area contributed by atoms with Crippen molar-refractivity contribution < 1.29 is 0 Å². The first kappa shape index (κ1) is 36.6. The summed E-state index contributed by atoms with van der Waals surface area (Å²) in [5, 5.41) is 6.42. The molecule has 0 aliphatic rings. The largest absolute Gasteiger partial charge is 0.340 e. The zero-order valence-electron chi connectivity index (χ0n) is 34.4. The third-order valence-corrected chi connectivity index (χ3v) is 12.3. The minimum absolute atomic E-state index is 0.640. The van der Waals surface area contributed by atoms with Crippen LogP contribution in [0.3, 0.4) is 0 Å². The molecule has 3 heteroatoms. The van der Waals surface area contributed by atoms with Crippen molar-refractivity contribution in [3.05, 3.63) is 161 Å². The second kappa shape index (κ2) is 14.8. The van der Waals surface area contributed by atoms with Crippen LogP contribution in [0.4, 0.5) is 0 Å². The first-order valence-electron chi connectivity index (χ1n) is 20.9. The number of aryl methyl sites for hydroxylation is 4. The predicted molar refractivity (Wildman–Crippen MR) is 248 cm³/mol. The Morgan fingerprint density at radius 2 is 1.02 bits per heavy atom. The first-order chi connectivity index (χ1) is 27.8. The lowest BCUT2D eigenvalue weighted by Crippen LogP contribution is -2.11. The van der Waals surface area contributed by atoms with Crippen molar-refractivity contribution in [3.8, 4) is 11.4 Å². The van der Waals surface area contributed by atoms with Crippen molar-refractivity contribution in [2.75, 3.05) is 0 Å². The fourth-order valence-electron chi connectivity index (χ4n) is 9.26. The maximum Gasteiger partial charge on any atom is 0.0541 e. The van der Waals surface area contributed by atoms with Crippen LogP contribution in [0.15, 0.2) is 122 Å². The van der Waals surface area contributed by atoms with Gasteiger partial charge in [0.25, 0.3) is 0 Å². The highest BCUT2D eigenvalue weighted by atomic mass is 15.0. The van der Waals surface area contributed by atoms with Gasteiger partial charge in [-0.3, -0.25) is 0 Å². The molecule has 9 aromatic rings. The molecular formula is C54H53N3. The molecule has 57 heavy (non-hydrogen) atoms. The van der Waals surface area contributed by atoms with Crippen molar-refractivity contribution in [1.29, 1.82) is 0 Å². The van der Waals surface area contributed by atoms with Gasteiger partial charge < -0.3 is 13.7 Å².